The summed E-state index contributed by atoms with van der Waals surface area (Å²) in [4.78, 5) is 26.6. The van der Waals surface area contributed by atoms with Crippen molar-refractivity contribution >= 4 is 12.1 Å². The molecule has 0 radical (unpaired) electrons. The van der Waals surface area contributed by atoms with Gasteiger partial charge in [-0.3, -0.25) is 4.90 Å². The first-order valence-electron chi connectivity index (χ1n) is 11.7. The summed E-state index contributed by atoms with van der Waals surface area (Å²) in [6.07, 6.45) is 4.82. The highest BCUT2D eigenvalue weighted by Crippen LogP contribution is 2.24. The maximum Gasteiger partial charge on any atom is 0.410 e. The molecule has 1 aliphatic rings. The second kappa shape index (κ2) is 12.9. The quantitative estimate of drug-likeness (QED) is 0.354. The van der Waals surface area contributed by atoms with Crippen LogP contribution in [0.5, 0.6) is 0 Å². The van der Waals surface area contributed by atoms with E-state index < -0.39 is 18.1 Å². The highest BCUT2D eigenvalue weighted by molar-refractivity contribution is 5.82. The summed E-state index contributed by atoms with van der Waals surface area (Å²) in [6.45, 7) is 5.88. The normalized spacial score (nSPS) is 17.8. The second-order valence-electron chi connectivity index (χ2n) is 8.22. The minimum atomic E-state index is -0.699. The number of likely N-dealkylation sites (tertiary alicyclic amines) is 1. The van der Waals surface area contributed by atoms with E-state index >= 15 is 0 Å². The number of amides is 1. The van der Waals surface area contributed by atoms with Crippen molar-refractivity contribution in [1.29, 1.82) is 0 Å². The number of carbonyl (C=O) groups excluding carboxylic acids is 2. The molecule has 1 aliphatic heterocycles. The SMILES string of the molecule is CCCCOC(=O)C1CC(OCc2cn(Cc3ccccc3)nn2)CN1C(=O)OCCCC. The summed E-state index contributed by atoms with van der Waals surface area (Å²) in [5, 5.41) is 8.33. The molecule has 2 aromatic rings. The zero-order valence-corrected chi connectivity index (χ0v) is 19.5. The van der Waals surface area contributed by atoms with Crippen molar-refractivity contribution in [3.63, 3.8) is 0 Å². The van der Waals surface area contributed by atoms with E-state index in [0.717, 1.165) is 31.2 Å². The molecule has 3 rings (SSSR count). The number of aromatic nitrogens is 3. The Bertz CT molecular complexity index is 843. The average Bonchev–Trinajstić information content (AvgIpc) is 3.45. The predicted octanol–water partition coefficient (Wildman–Crippen LogP) is 3.57. The highest BCUT2D eigenvalue weighted by Gasteiger charge is 2.42. The van der Waals surface area contributed by atoms with Crippen molar-refractivity contribution in [2.75, 3.05) is 19.8 Å². The Hall–Kier alpha value is -2.94. The average molecular weight is 459 g/mol. The zero-order chi connectivity index (χ0) is 23.5. The third-order valence-electron chi connectivity index (χ3n) is 5.48. The molecule has 0 aliphatic carbocycles. The Labute approximate surface area is 195 Å². The Kier molecular flexibility index (Phi) is 9.68. The maximum absolute atomic E-state index is 12.6. The first-order valence-corrected chi connectivity index (χ1v) is 11.7. The lowest BCUT2D eigenvalue weighted by molar-refractivity contribution is -0.148. The Morgan fingerprint density at radius 3 is 2.52 bits per heavy atom. The topological polar surface area (TPSA) is 95.8 Å². The van der Waals surface area contributed by atoms with Crippen molar-refractivity contribution in [3.8, 4) is 0 Å². The van der Waals surface area contributed by atoms with Crippen molar-refractivity contribution < 1.29 is 23.8 Å². The standard InChI is InChI=1S/C24H34N4O5/c1-3-5-12-31-23(29)22-14-21(17-28(22)24(30)32-13-6-4-2)33-18-20-16-27(26-25-20)15-19-10-8-7-9-11-19/h7-11,16,21-22H,3-6,12-15,17-18H2,1-2H3. The van der Waals surface area contributed by atoms with Crippen LogP contribution in [-0.2, 0) is 32.2 Å². The number of nitrogens with zero attached hydrogens (tertiary/aromatic N) is 4. The molecule has 1 amide bonds. The van der Waals surface area contributed by atoms with Gasteiger partial charge in [0.15, 0.2) is 0 Å². The maximum atomic E-state index is 12.6. The third-order valence-corrected chi connectivity index (χ3v) is 5.48. The van der Waals surface area contributed by atoms with Crippen LogP contribution in [0.4, 0.5) is 4.79 Å². The number of unbranched alkanes of at least 4 members (excludes halogenated alkanes) is 2. The minimum Gasteiger partial charge on any atom is -0.464 e. The van der Waals surface area contributed by atoms with Crippen LogP contribution >= 0.6 is 0 Å². The van der Waals surface area contributed by atoms with Gasteiger partial charge < -0.3 is 14.2 Å². The van der Waals surface area contributed by atoms with Gasteiger partial charge >= 0.3 is 12.1 Å². The van der Waals surface area contributed by atoms with E-state index in [1.165, 1.54) is 4.90 Å². The van der Waals surface area contributed by atoms with Crippen LogP contribution in [0.15, 0.2) is 36.5 Å². The lowest BCUT2D eigenvalue weighted by Gasteiger charge is -2.22. The van der Waals surface area contributed by atoms with Crippen LogP contribution in [0, 0.1) is 0 Å². The van der Waals surface area contributed by atoms with Crippen LogP contribution in [0.1, 0.15) is 57.2 Å². The predicted molar refractivity (Wildman–Crippen MR) is 121 cm³/mol. The van der Waals surface area contributed by atoms with Gasteiger partial charge in [-0.25, -0.2) is 14.3 Å². The lowest BCUT2D eigenvalue weighted by atomic mass is 10.2. The molecule has 180 valence electrons. The molecule has 1 fully saturated rings. The molecule has 1 saturated heterocycles. The first kappa shape index (κ1) is 24.7. The Morgan fingerprint density at radius 2 is 1.79 bits per heavy atom. The van der Waals surface area contributed by atoms with Gasteiger partial charge in [-0.05, 0) is 18.4 Å². The molecule has 9 nitrogen and oxygen atoms in total. The number of carbonyl (C=O) groups is 2. The van der Waals surface area contributed by atoms with E-state index in [9.17, 15) is 9.59 Å². The summed E-state index contributed by atoms with van der Waals surface area (Å²) in [5.74, 6) is -0.407. The second-order valence-corrected chi connectivity index (χ2v) is 8.22. The van der Waals surface area contributed by atoms with Gasteiger partial charge in [0, 0.05) is 6.42 Å². The van der Waals surface area contributed by atoms with Crippen LogP contribution in [0.25, 0.3) is 0 Å². The molecular weight excluding hydrogens is 424 g/mol. The molecular formula is C24H34N4O5. The molecule has 2 unspecified atom stereocenters. The van der Waals surface area contributed by atoms with Gasteiger partial charge in [0.1, 0.15) is 11.7 Å². The highest BCUT2D eigenvalue weighted by atomic mass is 16.6. The third kappa shape index (κ3) is 7.56. The largest absolute Gasteiger partial charge is 0.464 e. The lowest BCUT2D eigenvalue weighted by Crippen LogP contribution is -2.42. The number of rotatable bonds is 12. The van der Waals surface area contributed by atoms with E-state index in [4.69, 9.17) is 14.2 Å². The molecule has 1 aromatic heterocycles. The van der Waals surface area contributed by atoms with Gasteiger partial charge in [0.25, 0.3) is 0 Å². The Morgan fingerprint density at radius 1 is 1.06 bits per heavy atom. The smallest absolute Gasteiger partial charge is 0.410 e. The summed E-state index contributed by atoms with van der Waals surface area (Å²) in [5.41, 5.74) is 1.82. The van der Waals surface area contributed by atoms with E-state index in [-0.39, 0.29) is 19.3 Å². The number of hydrogen-bond donors (Lipinski definition) is 0. The van der Waals surface area contributed by atoms with E-state index in [0.29, 0.717) is 31.9 Å². The molecule has 1 aromatic carbocycles. The molecule has 2 atom stereocenters. The number of esters is 1. The summed E-state index contributed by atoms with van der Waals surface area (Å²) in [6, 6.07) is 9.31. The molecule has 0 N–H and O–H groups in total. The van der Waals surface area contributed by atoms with Crippen LogP contribution < -0.4 is 0 Å². The van der Waals surface area contributed by atoms with Crippen molar-refractivity contribution in [1.82, 2.24) is 19.9 Å². The van der Waals surface area contributed by atoms with Gasteiger partial charge in [-0.2, -0.15) is 0 Å². The van der Waals surface area contributed by atoms with E-state index in [1.807, 2.05) is 50.4 Å². The van der Waals surface area contributed by atoms with Gasteiger partial charge in [-0.15, -0.1) is 5.10 Å². The van der Waals surface area contributed by atoms with Gasteiger partial charge in [0.2, 0.25) is 0 Å². The van der Waals surface area contributed by atoms with Crippen molar-refractivity contribution in [3.05, 3.63) is 47.8 Å². The summed E-state index contributed by atoms with van der Waals surface area (Å²) < 4.78 is 18.5. The molecule has 0 saturated carbocycles. The number of ether oxygens (including phenoxy) is 3. The van der Waals surface area contributed by atoms with E-state index in [1.54, 1.807) is 4.68 Å². The fourth-order valence-electron chi connectivity index (χ4n) is 3.60. The molecule has 33 heavy (non-hydrogen) atoms. The van der Waals surface area contributed by atoms with Gasteiger partial charge in [-0.1, -0.05) is 62.2 Å². The fourth-order valence-corrected chi connectivity index (χ4v) is 3.60. The number of benzene rings is 1. The van der Waals surface area contributed by atoms with Gasteiger partial charge in [0.05, 0.1) is 45.2 Å². The minimum absolute atomic E-state index is 0.246. The summed E-state index contributed by atoms with van der Waals surface area (Å²) in [7, 11) is 0. The van der Waals surface area contributed by atoms with E-state index in [2.05, 4.69) is 10.3 Å². The zero-order valence-electron chi connectivity index (χ0n) is 19.5. The molecule has 2 heterocycles. The first-order chi connectivity index (χ1) is 16.1. The fraction of sp³-hybridized carbons (Fsp3) is 0.583. The monoisotopic (exact) mass is 458 g/mol. The van der Waals surface area contributed by atoms with Crippen molar-refractivity contribution in [2.45, 2.75) is 71.2 Å². The Balaban J connectivity index is 1.55. The van der Waals surface area contributed by atoms with Crippen LogP contribution in [0.3, 0.4) is 0 Å². The molecule has 0 spiro atoms. The molecule has 9 heteroatoms. The van der Waals surface area contributed by atoms with Crippen LogP contribution in [0.2, 0.25) is 0 Å². The summed E-state index contributed by atoms with van der Waals surface area (Å²) >= 11 is 0. The van der Waals surface area contributed by atoms with Crippen LogP contribution in [-0.4, -0.2) is 63.9 Å². The van der Waals surface area contributed by atoms with Crippen molar-refractivity contribution in [2.24, 2.45) is 0 Å². The molecule has 0 bridgehead atoms. The number of hydrogen-bond acceptors (Lipinski definition) is 7.